The molecule has 0 aliphatic rings. The summed E-state index contributed by atoms with van der Waals surface area (Å²) in [6.07, 6.45) is -0.863. The van der Waals surface area contributed by atoms with E-state index in [4.69, 9.17) is 15.5 Å². The molecule has 0 fully saturated rings. The van der Waals surface area contributed by atoms with E-state index in [0.29, 0.717) is 0 Å². The lowest BCUT2D eigenvalue weighted by Crippen LogP contribution is -2.30. The van der Waals surface area contributed by atoms with Crippen molar-refractivity contribution < 1.29 is 19.5 Å². The first-order chi connectivity index (χ1) is 6.40. The van der Waals surface area contributed by atoms with Gasteiger partial charge >= 0.3 is 7.60 Å². The van der Waals surface area contributed by atoms with E-state index in [1.165, 1.54) is 6.33 Å². The van der Waals surface area contributed by atoms with Crippen LogP contribution in [0, 0.1) is 0 Å². The predicted molar refractivity (Wildman–Crippen MR) is 46.2 cm³/mol. The minimum atomic E-state index is -4.27. The minimum Gasteiger partial charge on any atom is -0.390 e. The fraction of sp³-hybridized carbons (Fsp3) is 0.600. The molecule has 0 saturated heterocycles. The molecule has 14 heavy (non-hydrogen) atoms. The van der Waals surface area contributed by atoms with Crippen LogP contribution in [0.2, 0.25) is 0 Å². The number of nitrogens with one attached hydrogen (secondary N) is 1. The van der Waals surface area contributed by atoms with Crippen molar-refractivity contribution in [3.05, 3.63) is 12.2 Å². The number of aliphatic hydroxyl groups is 1. The van der Waals surface area contributed by atoms with Gasteiger partial charge in [-0.1, -0.05) is 0 Å². The zero-order valence-corrected chi connectivity index (χ0v) is 8.00. The van der Waals surface area contributed by atoms with Crippen LogP contribution in [0.25, 0.3) is 0 Å². The molecule has 0 amide bonds. The molecule has 6 N–H and O–H groups in total. The Balaban J connectivity index is 2.62. The van der Waals surface area contributed by atoms with Crippen molar-refractivity contribution in [2.75, 3.05) is 6.16 Å². The van der Waals surface area contributed by atoms with Gasteiger partial charge in [-0.2, -0.15) is 5.10 Å². The standard InChI is InChI=1S/C5H11N4O4P/c6-4(5-7-2-8-9-5)3(10)1-14(11,12)13/h2-4,10H,1,6H2,(H,7,8,9)(H2,11,12,13)/t3-,4-/m1/s1. The van der Waals surface area contributed by atoms with Crippen LogP contribution in [0.15, 0.2) is 6.33 Å². The van der Waals surface area contributed by atoms with E-state index in [-0.39, 0.29) is 5.82 Å². The Hall–Kier alpha value is -0.790. The number of H-pyrrole nitrogens is 1. The first-order valence-corrected chi connectivity index (χ1v) is 5.53. The summed E-state index contributed by atoms with van der Waals surface area (Å²) in [5.74, 6) is 0.186. The van der Waals surface area contributed by atoms with E-state index in [1.807, 2.05) is 0 Å². The Kier molecular flexibility index (Phi) is 3.35. The molecule has 0 unspecified atom stereocenters. The Morgan fingerprint density at radius 3 is 2.71 bits per heavy atom. The summed E-state index contributed by atoms with van der Waals surface area (Å²) in [5.41, 5.74) is 5.46. The lowest BCUT2D eigenvalue weighted by Gasteiger charge is -2.16. The molecule has 8 nitrogen and oxygen atoms in total. The third-order valence-corrected chi connectivity index (χ3v) is 2.44. The largest absolute Gasteiger partial charge is 0.390 e. The third kappa shape index (κ3) is 3.17. The maximum Gasteiger partial charge on any atom is 0.328 e. The summed E-state index contributed by atoms with van der Waals surface area (Å²) in [6, 6.07) is -0.981. The van der Waals surface area contributed by atoms with Crippen molar-refractivity contribution in [2.45, 2.75) is 12.1 Å². The number of hydrogen-bond acceptors (Lipinski definition) is 5. The first-order valence-electron chi connectivity index (χ1n) is 3.73. The zero-order valence-electron chi connectivity index (χ0n) is 7.11. The molecular formula is C5H11N4O4P. The lowest BCUT2D eigenvalue weighted by atomic mass is 10.2. The van der Waals surface area contributed by atoms with Gasteiger partial charge in [0.15, 0.2) is 0 Å². The topological polar surface area (TPSA) is 145 Å². The fourth-order valence-corrected chi connectivity index (χ4v) is 1.63. The molecular weight excluding hydrogens is 211 g/mol. The normalized spacial score (nSPS) is 16.6. The van der Waals surface area contributed by atoms with Crippen LogP contribution < -0.4 is 5.73 Å². The van der Waals surface area contributed by atoms with Crippen molar-refractivity contribution in [1.29, 1.82) is 0 Å². The Morgan fingerprint density at radius 2 is 2.29 bits per heavy atom. The van der Waals surface area contributed by atoms with Crippen LogP contribution in [-0.4, -0.2) is 42.3 Å². The number of hydrogen-bond donors (Lipinski definition) is 5. The van der Waals surface area contributed by atoms with Gasteiger partial charge in [-0.05, 0) is 0 Å². The highest BCUT2D eigenvalue weighted by molar-refractivity contribution is 7.51. The van der Waals surface area contributed by atoms with Gasteiger partial charge in [-0.15, -0.1) is 0 Å². The molecule has 0 saturated carbocycles. The van der Waals surface area contributed by atoms with Gasteiger partial charge in [0.1, 0.15) is 12.2 Å². The summed E-state index contributed by atoms with van der Waals surface area (Å²) < 4.78 is 10.5. The average Bonchev–Trinajstić information content (AvgIpc) is 2.51. The Morgan fingerprint density at radius 1 is 1.64 bits per heavy atom. The smallest absolute Gasteiger partial charge is 0.328 e. The molecule has 0 radical (unpaired) electrons. The quantitative estimate of drug-likeness (QED) is 0.383. The monoisotopic (exact) mass is 222 g/mol. The number of nitrogens with zero attached hydrogens (tertiary/aromatic N) is 2. The molecule has 0 spiro atoms. The first kappa shape index (κ1) is 11.3. The van der Waals surface area contributed by atoms with E-state index >= 15 is 0 Å². The van der Waals surface area contributed by atoms with Crippen molar-refractivity contribution in [3.8, 4) is 0 Å². The van der Waals surface area contributed by atoms with E-state index in [1.54, 1.807) is 0 Å². The summed E-state index contributed by atoms with van der Waals surface area (Å²) in [5, 5.41) is 15.2. The maximum atomic E-state index is 10.5. The van der Waals surface area contributed by atoms with Gasteiger partial charge in [-0.3, -0.25) is 9.66 Å². The van der Waals surface area contributed by atoms with E-state index in [0.717, 1.165) is 0 Å². The average molecular weight is 222 g/mol. The van der Waals surface area contributed by atoms with Crippen molar-refractivity contribution >= 4 is 7.60 Å². The Bertz CT molecular complexity index is 322. The van der Waals surface area contributed by atoms with Gasteiger partial charge in [0.05, 0.1) is 18.3 Å². The maximum absolute atomic E-state index is 10.5. The number of rotatable bonds is 4. The van der Waals surface area contributed by atoms with Crippen molar-refractivity contribution in [2.24, 2.45) is 5.73 Å². The summed E-state index contributed by atoms with van der Waals surface area (Å²) in [7, 11) is -4.27. The zero-order chi connectivity index (χ0) is 10.8. The summed E-state index contributed by atoms with van der Waals surface area (Å²) in [6.45, 7) is 0. The number of nitrogens with two attached hydrogens (primary N) is 1. The molecule has 0 aromatic carbocycles. The third-order valence-electron chi connectivity index (χ3n) is 1.59. The molecule has 9 heteroatoms. The highest BCUT2D eigenvalue weighted by Gasteiger charge is 2.27. The second-order valence-corrected chi connectivity index (χ2v) is 4.51. The van der Waals surface area contributed by atoms with Crippen LogP contribution in [0.1, 0.15) is 11.9 Å². The van der Waals surface area contributed by atoms with Crippen LogP contribution >= 0.6 is 7.60 Å². The van der Waals surface area contributed by atoms with Crippen LogP contribution in [0.4, 0.5) is 0 Å². The highest BCUT2D eigenvalue weighted by Crippen LogP contribution is 2.36. The van der Waals surface area contributed by atoms with Gasteiger partial charge in [0.25, 0.3) is 0 Å². The molecule has 1 rings (SSSR count). The number of aromatic amines is 1. The van der Waals surface area contributed by atoms with Gasteiger partial charge < -0.3 is 20.6 Å². The second-order valence-electron chi connectivity index (χ2n) is 2.81. The predicted octanol–water partition coefficient (Wildman–Crippen LogP) is -1.66. The van der Waals surface area contributed by atoms with Gasteiger partial charge in [0.2, 0.25) is 0 Å². The number of aliphatic hydroxyl groups excluding tert-OH is 1. The number of aromatic nitrogens is 3. The molecule has 2 atom stereocenters. The summed E-state index contributed by atoms with van der Waals surface area (Å²) >= 11 is 0. The minimum absolute atomic E-state index is 0.186. The van der Waals surface area contributed by atoms with Crippen molar-refractivity contribution in [1.82, 2.24) is 15.2 Å². The van der Waals surface area contributed by atoms with E-state index in [2.05, 4.69) is 15.2 Å². The molecule has 1 aromatic rings. The van der Waals surface area contributed by atoms with Crippen LogP contribution in [0.3, 0.4) is 0 Å². The lowest BCUT2D eigenvalue weighted by molar-refractivity contribution is 0.156. The van der Waals surface area contributed by atoms with Crippen LogP contribution in [-0.2, 0) is 4.57 Å². The summed E-state index contributed by atoms with van der Waals surface area (Å²) in [4.78, 5) is 20.8. The van der Waals surface area contributed by atoms with Gasteiger partial charge in [0, 0.05) is 0 Å². The van der Waals surface area contributed by atoms with Crippen molar-refractivity contribution in [3.63, 3.8) is 0 Å². The van der Waals surface area contributed by atoms with E-state index in [9.17, 15) is 9.67 Å². The molecule has 0 aliphatic heterocycles. The molecule has 80 valence electrons. The second kappa shape index (κ2) is 4.16. The molecule has 0 aliphatic carbocycles. The Labute approximate surface area is 79.3 Å². The highest BCUT2D eigenvalue weighted by atomic mass is 31.2. The SMILES string of the molecule is N[C@@H](c1ncn[nH]1)[C@H](O)CP(=O)(O)O. The van der Waals surface area contributed by atoms with E-state index < -0.39 is 25.9 Å². The molecule has 1 heterocycles. The van der Waals surface area contributed by atoms with Gasteiger partial charge in [-0.25, -0.2) is 4.98 Å². The fourth-order valence-electron chi connectivity index (χ4n) is 0.915. The molecule has 1 aromatic heterocycles. The molecule has 0 bridgehead atoms. The van der Waals surface area contributed by atoms with Crippen LogP contribution in [0.5, 0.6) is 0 Å².